The lowest BCUT2D eigenvalue weighted by Crippen LogP contribution is -2.37. The number of benzene rings is 1. The Morgan fingerprint density at radius 1 is 1.47 bits per heavy atom. The van der Waals surface area contributed by atoms with Gasteiger partial charge in [-0.1, -0.05) is 24.3 Å². The van der Waals surface area contributed by atoms with Gasteiger partial charge in [-0.3, -0.25) is 15.7 Å². The van der Waals surface area contributed by atoms with Crippen molar-refractivity contribution in [1.82, 2.24) is 15.8 Å². The summed E-state index contributed by atoms with van der Waals surface area (Å²) in [4.78, 5) is 4.49. The Kier molecular flexibility index (Phi) is 2.49. The maximum atomic E-state index is 9.21. The van der Waals surface area contributed by atoms with Crippen LogP contribution in [0.5, 0.6) is 0 Å². The molecule has 0 aliphatic heterocycles. The van der Waals surface area contributed by atoms with E-state index in [4.69, 9.17) is 5.73 Å². The summed E-state index contributed by atoms with van der Waals surface area (Å²) in [6, 6.07) is 8.03. The second kappa shape index (κ2) is 4.06. The number of hydrogen-bond acceptors (Lipinski definition) is 6. The molecule has 0 unspecified atom stereocenters. The van der Waals surface area contributed by atoms with E-state index >= 15 is 0 Å². The number of fused-ring (bicyclic) bond motifs is 1. The zero-order valence-corrected chi connectivity index (χ0v) is 10.3. The number of hydroxylamine groups is 1. The quantitative estimate of drug-likeness (QED) is 0.419. The average Bonchev–Trinajstić information content (AvgIpc) is 2.81. The summed E-state index contributed by atoms with van der Waals surface area (Å²) in [5.74, 6) is 0.229. The zero-order chi connectivity index (χ0) is 13.5. The third-order valence-corrected chi connectivity index (χ3v) is 3.33. The monoisotopic (exact) mass is 259 g/mol. The number of nitrogens with one attached hydrogen (secondary N) is 1. The molecule has 98 valence electrons. The van der Waals surface area contributed by atoms with E-state index in [2.05, 4.69) is 26.0 Å². The molecule has 0 saturated heterocycles. The van der Waals surface area contributed by atoms with Gasteiger partial charge in [-0.05, 0) is 28.4 Å². The number of nitrogens with zero attached hydrogens (tertiary/aromatic N) is 3. The zero-order valence-electron chi connectivity index (χ0n) is 10.3. The molecule has 0 bridgehead atoms. The molecule has 0 amide bonds. The van der Waals surface area contributed by atoms with E-state index in [0.29, 0.717) is 0 Å². The Labute approximate surface area is 109 Å². The molecular weight excluding hydrogens is 246 g/mol. The maximum Gasteiger partial charge on any atom is 0.199 e. The lowest BCUT2D eigenvalue weighted by Gasteiger charge is -2.38. The number of aliphatic imine (C=N–C) groups is 1. The highest BCUT2D eigenvalue weighted by molar-refractivity contribution is 6.00. The number of amidine groups is 1. The molecule has 3 rings (SSSR count). The number of aromatic nitrogens is 2. The Morgan fingerprint density at radius 2 is 2.26 bits per heavy atom. The first kappa shape index (κ1) is 11.7. The van der Waals surface area contributed by atoms with E-state index in [9.17, 15) is 5.21 Å². The summed E-state index contributed by atoms with van der Waals surface area (Å²) >= 11 is 0. The summed E-state index contributed by atoms with van der Waals surface area (Å²) in [6.45, 7) is 1.98. The Hall–Kier alpha value is -2.41. The molecule has 0 saturated carbocycles. The van der Waals surface area contributed by atoms with E-state index in [1.807, 2.05) is 30.6 Å². The average molecular weight is 259 g/mol. The molecule has 4 N–H and O–H groups in total. The van der Waals surface area contributed by atoms with Gasteiger partial charge in [-0.25, -0.2) is 4.63 Å². The van der Waals surface area contributed by atoms with Crippen molar-refractivity contribution >= 4 is 11.7 Å². The largest absolute Gasteiger partial charge is 0.379 e. The van der Waals surface area contributed by atoms with E-state index in [1.54, 1.807) is 0 Å². The van der Waals surface area contributed by atoms with Crippen LogP contribution in [0.3, 0.4) is 0 Å². The SMILES string of the molecule is C[C@@]1(N=C(NO)c2nonc2N)Cc2ccccc21. The van der Waals surface area contributed by atoms with Gasteiger partial charge in [0.2, 0.25) is 0 Å². The molecular formula is C12H13N5O2. The smallest absolute Gasteiger partial charge is 0.199 e. The molecule has 19 heavy (non-hydrogen) atoms. The van der Waals surface area contributed by atoms with Crippen LogP contribution in [0.2, 0.25) is 0 Å². The van der Waals surface area contributed by atoms with Crippen LogP contribution in [0.4, 0.5) is 5.82 Å². The van der Waals surface area contributed by atoms with Crippen LogP contribution >= 0.6 is 0 Å². The lowest BCUT2D eigenvalue weighted by molar-refractivity contribution is 0.231. The fourth-order valence-electron chi connectivity index (χ4n) is 2.40. The summed E-state index contributed by atoms with van der Waals surface area (Å²) in [5, 5.41) is 16.3. The topological polar surface area (TPSA) is 110 Å². The third-order valence-electron chi connectivity index (χ3n) is 3.33. The van der Waals surface area contributed by atoms with Crippen molar-refractivity contribution in [2.45, 2.75) is 18.9 Å². The van der Waals surface area contributed by atoms with Crippen molar-refractivity contribution in [3.63, 3.8) is 0 Å². The maximum absolute atomic E-state index is 9.21. The molecule has 0 fully saturated rings. The lowest BCUT2D eigenvalue weighted by atomic mass is 9.72. The van der Waals surface area contributed by atoms with Gasteiger partial charge in [-0.2, -0.15) is 0 Å². The van der Waals surface area contributed by atoms with Crippen LogP contribution in [0, 0.1) is 0 Å². The number of nitrogen functional groups attached to an aromatic ring is 1. The van der Waals surface area contributed by atoms with Crippen molar-refractivity contribution in [2.75, 3.05) is 5.73 Å². The molecule has 7 nitrogen and oxygen atoms in total. The minimum atomic E-state index is -0.410. The van der Waals surface area contributed by atoms with Crippen molar-refractivity contribution in [3.8, 4) is 0 Å². The molecule has 7 heteroatoms. The number of anilines is 1. The Bertz CT molecular complexity index is 651. The predicted molar refractivity (Wildman–Crippen MR) is 67.7 cm³/mol. The van der Waals surface area contributed by atoms with E-state index in [-0.39, 0.29) is 17.3 Å². The molecule has 1 atom stereocenters. The Morgan fingerprint density at radius 3 is 2.89 bits per heavy atom. The molecule has 1 aromatic heterocycles. The highest BCUT2D eigenvalue weighted by Gasteiger charge is 2.38. The van der Waals surface area contributed by atoms with E-state index in [1.165, 1.54) is 5.56 Å². The van der Waals surface area contributed by atoms with Gasteiger partial charge in [-0.15, -0.1) is 0 Å². The molecule has 0 spiro atoms. The predicted octanol–water partition coefficient (Wildman–Crippen LogP) is 0.849. The van der Waals surface area contributed by atoms with Crippen LogP contribution in [-0.2, 0) is 12.0 Å². The molecule has 1 aromatic carbocycles. The van der Waals surface area contributed by atoms with Crippen molar-refractivity contribution < 1.29 is 9.84 Å². The van der Waals surface area contributed by atoms with Crippen molar-refractivity contribution in [2.24, 2.45) is 4.99 Å². The standard InChI is InChI=1S/C12H13N5O2/c1-12(6-7-4-2-3-5-8(7)12)14-11(15-18)9-10(13)17-19-16-9/h2-5,18H,6H2,1H3,(H2,13,17)(H,14,15)/t12-/m1/s1. The summed E-state index contributed by atoms with van der Waals surface area (Å²) in [5.41, 5.74) is 9.76. The first-order valence-electron chi connectivity index (χ1n) is 5.81. The number of rotatable bonds is 2. The van der Waals surface area contributed by atoms with Gasteiger partial charge in [0.1, 0.15) is 0 Å². The molecule has 1 aliphatic rings. The van der Waals surface area contributed by atoms with Crippen molar-refractivity contribution in [1.29, 1.82) is 0 Å². The number of nitrogens with two attached hydrogens (primary N) is 1. The van der Waals surface area contributed by atoms with Crippen LogP contribution in [0.1, 0.15) is 23.7 Å². The summed E-state index contributed by atoms with van der Waals surface area (Å²) in [6.07, 6.45) is 0.791. The first-order chi connectivity index (χ1) is 9.14. The summed E-state index contributed by atoms with van der Waals surface area (Å²) < 4.78 is 4.51. The molecule has 0 radical (unpaired) electrons. The second-order valence-electron chi connectivity index (χ2n) is 4.68. The van der Waals surface area contributed by atoms with Gasteiger partial charge < -0.3 is 5.73 Å². The first-order valence-corrected chi connectivity index (χ1v) is 5.81. The Balaban J connectivity index is 2.00. The van der Waals surface area contributed by atoms with Crippen LogP contribution in [0.15, 0.2) is 33.9 Å². The normalized spacial score (nSPS) is 21.7. The third kappa shape index (κ3) is 1.75. The van der Waals surface area contributed by atoms with Gasteiger partial charge in [0.05, 0.1) is 5.54 Å². The second-order valence-corrected chi connectivity index (χ2v) is 4.68. The van der Waals surface area contributed by atoms with Crippen LogP contribution in [0.25, 0.3) is 0 Å². The molecule has 1 heterocycles. The van der Waals surface area contributed by atoms with Gasteiger partial charge in [0.25, 0.3) is 0 Å². The molecule has 1 aliphatic carbocycles. The minimum absolute atomic E-state index is 0.0801. The highest BCUT2D eigenvalue weighted by Crippen LogP contribution is 2.42. The van der Waals surface area contributed by atoms with Gasteiger partial charge in [0.15, 0.2) is 17.3 Å². The van der Waals surface area contributed by atoms with E-state index < -0.39 is 5.54 Å². The van der Waals surface area contributed by atoms with Crippen molar-refractivity contribution in [3.05, 3.63) is 41.1 Å². The fraction of sp³-hybridized carbons (Fsp3) is 0.250. The number of hydrogen-bond donors (Lipinski definition) is 3. The molecule has 2 aromatic rings. The van der Waals surface area contributed by atoms with Gasteiger partial charge >= 0.3 is 0 Å². The fourth-order valence-corrected chi connectivity index (χ4v) is 2.40. The van der Waals surface area contributed by atoms with Crippen LogP contribution < -0.4 is 11.2 Å². The van der Waals surface area contributed by atoms with Gasteiger partial charge in [0, 0.05) is 6.42 Å². The van der Waals surface area contributed by atoms with E-state index in [0.717, 1.165) is 12.0 Å². The minimum Gasteiger partial charge on any atom is -0.379 e. The highest BCUT2D eigenvalue weighted by atomic mass is 16.6. The van der Waals surface area contributed by atoms with Crippen LogP contribution in [-0.4, -0.2) is 21.4 Å². The summed E-state index contributed by atoms with van der Waals surface area (Å²) in [7, 11) is 0.